The Morgan fingerprint density at radius 1 is 0.564 bits per heavy atom. The van der Waals surface area contributed by atoms with Crippen molar-refractivity contribution in [2.45, 2.75) is 118 Å². The number of hydrogen-bond acceptors (Lipinski definition) is 0. The van der Waals surface area contributed by atoms with Gasteiger partial charge in [-0.25, -0.2) is 4.70 Å². The average molecular weight is 574 g/mol. The normalized spacial score (nSPS) is 12.8. The van der Waals surface area contributed by atoms with E-state index in [-0.39, 0.29) is 31.3 Å². The van der Waals surface area contributed by atoms with Gasteiger partial charge in [0, 0.05) is 22.3 Å². The second-order valence-corrected chi connectivity index (χ2v) is 10.4. The summed E-state index contributed by atoms with van der Waals surface area (Å²) in [6.07, 6.45) is 16.6. The summed E-state index contributed by atoms with van der Waals surface area (Å²) >= 11 is 0. The van der Waals surface area contributed by atoms with Gasteiger partial charge >= 0.3 is 16.5 Å². The fraction of sp³-hybridized carbons (Fsp3) is 0.500. The number of unbranched alkanes of at least 4 members (excludes halogenated alkanes) is 7. The van der Waals surface area contributed by atoms with E-state index >= 15 is 0 Å². The molecular weight excluding hydrogens is 519 g/mol. The molecule has 0 saturated heterocycles. The Labute approximate surface area is 251 Å². The van der Waals surface area contributed by atoms with Crippen LogP contribution in [0.15, 0.2) is 59.7 Å². The summed E-state index contributed by atoms with van der Waals surface area (Å²) in [5, 5.41) is 0. The van der Waals surface area contributed by atoms with E-state index in [9.17, 15) is 5.53 Å². The third-order valence-corrected chi connectivity index (χ3v) is 7.53. The van der Waals surface area contributed by atoms with Crippen LogP contribution in [0.5, 0.6) is 0 Å². The topological polar surface area (TPSA) is 25.3 Å². The molecule has 0 fully saturated rings. The monoisotopic (exact) mass is 572 g/mol. The first-order valence-electron chi connectivity index (χ1n) is 14.8. The van der Waals surface area contributed by atoms with Crippen molar-refractivity contribution in [3.8, 4) is 0 Å². The first kappa shape index (κ1) is 37.0. The van der Waals surface area contributed by atoms with Crippen molar-refractivity contribution in [3.63, 3.8) is 0 Å². The number of hydrogen-bond donors (Lipinski definition) is 0. The maximum atomic E-state index is 11.7. The van der Waals surface area contributed by atoms with Crippen molar-refractivity contribution >= 4 is 11.4 Å². The van der Waals surface area contributed by atoms with E-state index in [1.54, 1.807) is 0 Å². The first-order valence-corrected chi connectivity index (χ1v) is 14.8. The number of allylic oxidation sites excluding steroid dienone is 2. The molecule has 3 rings (SSSR count). The molecule has 1 aliphatic heterocycles. The molecule has 0 aliphatic carbocycles. The molecule has 0 amide bonds. The summed E-state index contributed by atoms with van der Waals surface area (Å²) in [6.45, 7) is 9.01. The predicted molar refractivity (Wildman–Crippen MR) is 169 cm³/mol. The fourth-order valence-electron chi connectivity index (χ4n) is 5.51. The Bertz CT molecular complexity index is 1060. The van der Waals surface area contributed by atoms with E-state index in [2.05, 4.69) is 76.2 Å². The molecule has 39 heavy (non-hydrogen) atoms. The van der Waals surface area contributed by atoms with Crippen LogP contribution >= 0.6 is 0 Å². The van der Waals surface area contributed by atoms with Gasteiger partial charge in [-0.3, -0.25) is 0 Å². The third-order valence-electron chi connectivity index (χ3n) is 7.53. The van der Waals surface area contributed by atoms with Gasteiger partial charge in [0.1, 0.15) is 0 Å². The number of benzene rings is 2. The molecule has 218 valence electrons. The SMILES string of the molecule is CCCCCCc1cccc(C2=C(CC)C(CCCC)=C(c3cccc(CCCCCC)c3)[N+]2=[N-])c1.[CH3-].[CH3-].[Ni+2]. The smallest absolute Gasteiger partial charge is 0.493 e. The summed E-state index contributed by atoms with van der Waals surface area (Å²) in [5.74, 6) is 0. The van der Waals surface area contributed by atoms with Crippen molar-refractivity contribution in [2.24, 2.45) is 0 Å². The maximum absolute atomic E-state index is 11.7. The van der Waals surface area contributed by atoms with Gasteiger partial charge in [-0.2, -0.15) is 0 Å². The Kier molecular flexibility index (Phi) is 19.0. The Hall–Kier alpha value is -1.99. The molecule has 0 saturated carbocycles. The van der Waals surface area contributed by atoms with Gasteiger partial charge in [0.2, 0.25) is 11.4 Å². The van der Waals surface area contributed by atoms with Crippen molar-refractivity contribution in [1.29, 1.82) is 0 Å². The predicted octanol–water partition coefficient (Wildman–Crippen LogP) is 11.6. The summed E-state index contributed by atoms with van der Waals surface area (Å²) in [7, 11) is 0. The Morgan fingerprint density at radius 2 is 1.03 bits per heavy atom. The van der Waals surface area contributed by atoms with E-state index in [0.29, 0.717) is 0 Å². The summed E-state index contributed by atoms with van der Waals surface area (Å²) in [6, 6.07) is 17.8. The second-order valence-electron chi connectivity index (χ2n) is 10.4. The molecule has 3 heteroatoms. The maximum Gasteiger partial charge on any atom is 2.00 e. The van der Waals surface area contributed by atoms with Gasteiger partial charge < -0.3 is 20.4 Å². The van der Waals surface area contributed by atoms with Crippen molar-refractivity contribution in [1.82, 2.24) is 0 Å². The third kappa shape index (κ3) is 10.2. The van der Waals surface area contributed by atoms with E-state index in [4.69, 9.17) is 0 Å². The largest absolute Gasteiger partial charge is 2.00 e. The van der Waals surface area contributed by atoms with Crippen LogP contribution in [0.2, 0.25) is 0 Å². The van der Waals surface area contributed by atoms with E-state index < -0.39 is 0 Å². The fourth-order valence-corrected chi connectivity index (χ4v) is 5.51. The van der Waals surface area contributed by atoms with Crippen LogP contribution < -0.4 is 0 Å². The first-order chi connectivity index (χ1) is 17.6. The van der Waals surface area contributed by atoms with Gasteiger partial charge in [-0.15, -0.1) is 0 Å². The summed E-state index contributed by atoms with van der Waals surface area (Å²) < 4.78 is 1.52. The molecular formula is C36H54N2Ni. The minimum Gasteiger partial charge on any atom is -0.493 e. The van der Waals surface area contributed by atoms with Crippen LogP contribution in [0, 0.1) is 14.9 Å². The molecule has 0 unspecified atom stereocenters. The zero-order valence-corrected chi connectivity index (χ0v) is 26.7. The van der Waals surface area contributed by atoms with Gasteiger partial charge in [0.15, 0.2) is 0 Å². The van der Waals surface area contributed by atoms with E-state index in [1.165, 1.54) is 78.3 Å². The van der Waals surface area contributed by atoms with Gasteiger partial charge in [-0.05, 0) is 80.3 Å². The quantitative estimate of drug-likeness (QED) is 0.0826. The van der Waals surface area contributed by atoms with Crippen LogP contribution in [-0.2, 0) is 29.3 Å². The zero-order valence-electron chi connectivity index (χ0n) is 25.7. The van der Waals surface area contributed by atoms with E-state index in [0.717, 1.165) is 61.0 Å². The standard InChI is InChI=1S/C34H48N2.2CH3.Ni/c1-5-9-12-14-18-27-20-16-22-29(25-27)33-31(8-4)32(24-11-7-3)34(36(33)35)30-23-17-21-28(26-30)19-15-13-10-6-2;;;/h16-17,20-23,25-26H,5-15,18-19,24H2,1-4H3;2*1H3;/q;2*-1;+2. The molecule has 0 aromatic heterocycles. The number of aryl methyl sites for hydroxylation is 2. The molecule has 1 aliphatic rings. The van der Waals surface area contributed by atoms with Crippen molar-refractivity contribution in [2.75, 3.05) is 0 Å². The van der Waals surface area contributed by atoms with Crippen LogP contribution in [-0.4, -0.2) is 4.70 Å². The van der Waals surface area contributed by atoms with Crippen LogP contribution in [0.25, 0.3) is 16.9 Å². The second kappa shape index (κ2) is 20.0. The number of rotatable bonds is 16. The van der Waals surface area contributed by atoms with Crippen LogP contribution in [0.1, 0.15) is 127 Å². The number of nitrogens with zero attached hydrogens (tertiary/aromatic N) is 2. The zero-order chi connectivity index (χ0) is 25.8. The molecule has 2 aromatic rings. The molecule has 2 aromatic carbocycles. The van der Waals surface area contributed by atoms with Gasteiger partial charge in [0.05, 0.1) is 0 Å². The molecule has 0 atom stereocenters. The van der Waals surface area contributed by atoms with Gasteiger partial charge in [0.25, 0.3) is 0 Å². The molecule has 0 N–H and O–H groups in total. The Morgan fingerprint density at radius 3 is 1.46 bits per heavy atom. The molecule has 2 nitrogen and oxygen atoms in total. The summed E-state index contributed by atoms with van der Waals surface area (Å²) in [4.78, 5) is 0. The van der Waals surface area contributed by atoms with E-state index in [1.807, 2.05) is 0 Å². The van der Waals surface area contributed by atoms with Gasteiger partial charge in [-0.1, -0.05) is 96.9 Å². The molecule has 0 bridgehead atoms. The molecule has 0 spiro atoms. The average Bonchev–Trinajstić information content (AvgIpc) is 3.19. The van der Waals surface area contributed by atoms with Crippen molar-refractivity contribution < 1.29 is 21.2 Å². The minimum atomic E-state index is 0. The minimum absolute atomic E-state index is 0. The molecule has 0 radical (unpaired) electrons. The van der Waals surface area contributed by atoms with Crippen LogP contribution in [0.3, 0.4) is 0 Å². The Balaban J connectivity index is 0.00000481. The molecule has 1 heterocycles. The summed E-state index contributed by atoms with van der Waals surface area (Å²) in [5.41, 5.74) is 21.4. The van der Waals surface area contributed by atoms with Crippen molar-refractivity contribution in [3.05, 3.63) is 102 Å². The van der Waals surface area contributed by atoms with Crippen LogP contribution in [0.4, 0.5) is 0 Å².